The molecular formula is C21H23N5O. The zero-order valence-electron chi connectivity index (χ0n) is 15.7. The Morgan fingerprint density at radius 1 is 0.963 bits per heavy atom. The first kappa shape index (κ1) is 18.5. The number of carbonyl (C=O) groups excluding carboxylic acids is 1. The van der Waals surface area contributed by atoms with Gasteiger partial charge in [-0.05, 0) is 46.9 Å². The van der Waals surface area contributed by atoms with Gasteiger partial charge in [-0.15, -0.1) is 0 Å². The van der Waals surface area contributed by atoms with Crippen molar-refractivity contribution in [3.8, 4) is 0 Å². The molecule has 27 heavy (non-hydrogen) atoms. The third-order valence-corrected chi connectivity index (χ3v) is 4.10. The van der Waals surface area contributed by atoms with Gasteiger partial charge >= 0.3 is 0 Å². The first-order valence-corrected chi connectivity index (χ1v) is 8.79. The fraction of sp³-hybridized carbons (Fsp3) is 0.238. The van der Waals surface area contributed by atoms with Gasteiger partial charge in [0.15, 0.2) is 0 Å². The molecule has 0 aliphatic carbocycles. The Morgan fingerprint density at radius 3 is 2.33 bits per heavy atom. The Hall–Kier alpha value is -3.28. The van der Waals surface area contributed by atoms with Gasteiger partial charge in [-0.25, -0.2) is 9.97 Å². The Bertz CT molecular complexity index is 902. The van der Waals surface area contributed by atoms with E-state index in [9.17, 15) is 4.79 Å². The number of amides is 1. The normalized spacial score (nSPS) is 11.1. The molecule has 0 atom stereocenters. The van der Waals surface area contributed by atoms with Crippen LogP contribution < -0.4 is 10.6 Å². The fourth-order valence-electron chi connectivity index (χ4n) is 2.50. The van der Waals surface area contributed by atoms with Gasteiger partial charge in [0.05, 0.1) is 0 Å². The summed E-state index contributed by atoms with van der Waals surface area (Å²) in [7, 11) is 0. The predicted octanol–water partition coefficient (Wildman–Crippen LogP) is 3.84. The molecule has 0 saturated carbocycles. The van der Waals surface area contributed by atoms with Crippen LogP contribution in [0.1, 0.15) is 42.4 Å². The highest BCUT2D eigenvalue weighted by Crippen LogP contribution is 2.24. The molecule has 0 aliphatic heterocycles. The van der Waals surface area contributed by atoms with Crippen LogP contribution in [0.3, 0.4) is 0 Å². The van der Waals surface area contributed by atoms with E-state index in [-0.39, 0.29) is 11.3 Å². The highest BCUT2D eigenvalue weighted by atomic mass is 16.1. The van der Waals surface area contributed by atoms with Gasteiger partial charge in [0, 0.05) is 30.8 Å². The minimum Gasteiger partial charge on any atom is -0.347 e. The molecule has 0 unspecified atom stereocenters. The smallest absolute Gasteiger partial charge is 0.270 e. The number of nitrogens with one attached hydrogen (secondary N) is 2. The van der Waals surface area contributed by atoms with Gasteiger partial charge in [-0.3, -0.25) is 9.78 Å². The van der Waals surface area contributed by atoms with Crippen molar-refractivity contribution in [3.05, 3.63) is 77.9 Å². The van der Waals surface area contributed by atoms with Gasteiger partial charge in [0.25, 0.3) is 5.91 Å². The standard InChI is InChI=1S/C21H23N5O/c1-21(2,3)16-4-6-17(7-5-16)25-20-23-13-10-18(26-20)19(27)24-14-15-8-11-22-12-9-15/h4-13H,14H2,1-3H3,(H,24,27)(H,23,25,26). The Kier molecular flexibility index (Phi) is 5.45. The van der Waals surface area contributed by atoms with Crippen LogP contribution in [0.15, 0.2) is 61.1 Å². The number of aromatic nitrogens is 3. The lowest BCUT2D eigenvalue weighted by atomic mass is 9.87. The lowest BCUT2D eigenvalue weighted by molar-refractivity contribution is 0.0946. The largest absolute Gasteiger partial charge is 0.347 e. The summed E-state index contributed by atoms with van der Waals surface area (Å²) in [6.45, 7) is 6.94. The summed E-state index contributed by atoms with van der Waals surface area (Å²) in [5, 5.41) is 5.99. The second-order valence-corrected chi connectivity index (χ2v) is 7.26. The molecule has 0 aliphatic rings. The number of anilines is 2. The molecule has 1 aromatic carbocycles. The molecule has 6 heteroatoms. The van der Waals surface area contributed by atoms with Crippen LogP contribution >= 0.6 is 0 Å². The highest BCUT2D eigenvalue weighted by molar-refractivity contribution is 5.92. The van der Waals surface area contributed by atoms with Crippen molar-refractivity contribution in [2.75, 3.05) is 5.32 Å². The Morgan fingerprint density at radius 2 is 1.67 bits per heavy atom. The zero-order valence-corrected chi connectivity index (χ0v) is 15.7. The Labute approximate surface area is 159 Å². The molecule has 3 rings (SSSR count). The number of pyridine rings is 1. The summed E-state index contributed by atoms with van der Waals surface area (Å²) in [4.78, 5) is 24.8. The monoisotopic (exact) mass is 361 g/mol. The van der Waals surface area contributed by atoms with Crippen molar-refractivity contribution >= 4 is 17.5 Å². The maximum absolute atomic E-state index is 12.3. The molecule has 3 aromatic rings. The zero-order chi connectivity index (χ0) is 19.3. The van der Waals surface area contributed by atoms with E-state index in [0.717, 1.165) is 11.3 Å². The van der Waals surface area contributed by atoms with E-state index in [4.69, 9.17) is 0 Å². The molecule has 2 aromatic heterocycles. The van der Waals surface area contributed by atoms with Crippen molar-refractivity contribution in [3.63, 3.8) is 0 Å². The number of hydrogen-bond acceptors (Lipinski definition) is 5. The molecular weight excluding hydrogens is 338 g/mol. The van der Waals surface area contributed by atoms with E-state index in [2.05, 4.69) is 58.5 Å². The van der Waals surface area contributed by atoms with Crippen molar-refractivity contribution in [2.45, 2.75) is 32.7 Å². The van der Waals surface area contributed by atoms with Crippen molar-refractivity contribution in [1.82, 2.24) is 20.3 Å². The van der Waals surface area contributed by atoms with Crippen molar-refractivity contribution in [1.29, 1.82) is 0 Å². The topological polar surface area (TPSA) is 79.8 Å². The van der Waals surface area contributed by atoms with Crippen molar-refractivity contribution < 1.29 is 4.79 Å². The lowest BCUT2D eigenvalue weighted by Gasteiger charge is -2.19. The lowest BCUT2D eigenvalue weighted by Crippen LogP contribution is -2.24. The molecule has 138 valence electrons. The van der Waals surface area contributed by atoms with E-state index in [0.29, 0.717) is 18.2 Å². The molecule has 6 nitrogen and oxygen atoms in total. The second-order valence-electron chi connectivity index (χ2n) is 7.26. The number of rotatable bonds is 5. The van der Waals surface area contributed by atoms with Gasteiger partial charge in [-0.1, -0.05) is 32.9 Å². The van der Waals surface area contributed by atoms with E-state index >= 15 is 0 Å². The molecule has 2 heterocycles. The third kappa shape index (κ3) is 5.10. The number of hydrogen-bond donors (Lipinski definition) is 2. The first-order valence-electron chi connectivity index (χ1n) is 8.79. The van der Waals surface area contributed by atoms with Crippen LogP contribution in [-0.2, 0) is 12.0 Å². The molecule has 0 saturated heterocycles. The van der Waals surface area contributed by atoms with Crippen molar-refractivity contribution in [2.24, 2.45) is 0 Å². The summed E-state index contributed by atoms with van der Waals surface area (Å²) in [5.74, 6) is 0.135. The number of nitrogens with zero attached hydrogens (tertiary/aromatic N) is 3. The van der Waals surface area contributed by atoms with E-state index in [1.165, 1.54) is 5.56 Å². The summed E-state index contributed by atoms with van der Waals surface area (Å²) in [6, 6.07) is 13.4. The average molecular weight is 361 g/mol. The summed E-state index contributed by atoms with van der Waals surface area (Å²) < 4.78 is 0. The predicted molar refractivity (Wildman–Crippen MR) is 106 cm³/mol. The van der Waals surface area contributed by atoms with Crippen LogP contribution in [0.5, 0.6) is 0 Å². The van der Waals surface area contributed by atoms with Gasteiger partial charge in [0.1, 0.15) is 5.69 Å². The second kappa shape index (κ2) is 7.95. The molecule has 0 spiro atoms. The van der Waals surface area contributed by atoms with E-state index in [1.807, 2.05) is 24.3 Å². The van der Waals surface area contributed by atoms with Crippen LogP contribution in [0.25, 0.3) is 0 Å². The van der Waals surface area contributed by atoms with Gasteiger partial charge in [-0.2, -0.15) is 0 Å². The molecule has 2 N–H and O–H groups in total. The SMILES string of the molecule is CC(C)(C)c1ccc(Nc2nccc(C(=O)NCc3ccncc3)n2)cc1. The quantitative estimate of drug-likeness (QED) is 0.722. The van der Waals surface area contributed by atoms with Gasteiger partial charge in [0.2, 0.25) is 5.95 Å². The Balaban J connectivity index is 1.65. The summed E-state index contributed by atoms with van der Waals surface area (Å²) in [6.07, 6.45) is 4.96. The fourth-order valence-corrected chi connectivity index (χ4v) is 2.50. The maximum atomic E-state index is 12.3. The number of benzene rings is 1. The molecule has 1 amide bonds. The maximum Gasteiger partial charge on any atom is 0.270 e. The molecule has 0 radical (unpaired) electrons. The van der Waals surface area contributed by atoms with Crippen LogP contribution in [0.4, 0.5) is 11.6 Å². The summed E-state index contributed by atoms with van der Waals surface area (Å²) in [5.41, 5.74) is 3.51. The van der Waals surface area contributed by atoms with Crippen LogP contribution in [0.2, 0.25) is 0 Å². The summed E-state index contributed by atoms with van der Waals surface area (Å²) >= 11 is 0. The first-order chi connectivity index (χ1) is 12.9. The van der Waals surface area contributed by atoms with Gasteiger partial charge < -0.3 is 10.6 Å². The average Bonchev–Trinajstić information content (AvgIpc) is 2.67. The van der Waals surface area contributed by atoms with Crippen LogP contribution in [-0.4, -0.2) is 20.9 Å². The number of carbonyl (C=O) groups is 1. The third-order valence-electron chi connectivity index (χ3n) is 4.10. The minimum atomic E-state index is -0.250. The minimum absolute atomic E-state index is 0.0991. The molecule has 0 fully saturated rings. The van der Waals surface area contributed by atoms with E-state index < -0.39 is 0 Å². The highest BCUT2D eigenvalue weighted by Gasteiger charge is 2.13. The van der Waals surface area contributed by atoms with E-state index in [1.54, 1.807) is 24.7 Å². The molecule has 0 bridgehead atoms. The van der Waals surface area contributed by atoms with Crippen LogP contribution in [0, 0.1) is 0 Å².